The number of benzene rings is 12. The highest BCUT2D eigenvalue weighted by Crippen LogP contribution is 2.46. The number of allylic oxidation sites excluding steroid dienone is 4. The highest BCUT2D eigenvalue weighted by atomic mass is 16.3. The number of aliphatic hydroxyl groups is 4. The van der Waals surface area contributed by atoms with Crippen molar-refractivity contribution < 1.29 is 40.9 Å². The van der Waals surface area contributed by atoms with Gasteiger partial charge in [-0.2, -0.15) is 0 Å². The fourth-order valence-corrected chi connectivity index (χ4v) is 20.7. The Labute approximate surface area is 791 Å². The number of nitrogens with zero attached hydrogens (tertiary/aromatic N) is 4. The van der Waals surface area contributed by atoms with Gasteiger partial charge in [-0.05, 0) is 400 Å². The molecule has 18 rings (SSSR count). The molecular weight excluding hydrogens is 1640 g/mol. The average Bonchev–Trinajstić information content (AvgIpc) is 1.65. The Morgan fingerprint density at radius 1 is 0.241 bits per heavy atom. The van der Waals surface area contributed by atoms with Gasteiger partial charge in [0.25, 0.3) is 0 Å². The van der Waals surface area contributed by atoms with Gasteiger partial charge in [-0.1, -0.05) is 274 Å². The van der Waals surface area contributed by atoms with Crippen molar-refractivity contribution in [2.24, 2.45) is 0 Å². The maximum Gasteiger partial charge on any atom is 0.116 e. The number of aliphatic hydroxyl groups excluding tert-OH is 4. The third kappa shape index (κ3) is 26.5. The SMILES string of the molecule is CCN1CCC(c2ccc(/C(=C(/CCCO)c3ccccc3)c3cccc(O)c3)cc2)CC1.CN1CCC(c2ccc(/C(=C(/CCCO)c3ccccc3)c3cccc(O)c3)cc2)CC1.OCCC/C(=C(/c1ccc(C2CCN(C3CC3)CC2)cc1)c1cccc(O)c1)c1ccccc1.OCCC/C(=C(\c1cccc(O)c1)c1cccc(C2CCN(C3CC3)CC2)c1)c1ccccc1. The summed E-state index contributed by atoms with van der Waals surface area (Å²) >= 11 is 0. The number of aromatic hydroxyl groups is 4. The lowest BCUT2D eigenvalue weighted by Crippen LogP contribution is -2.34. The largest absolute Gasteiger partial charge is 0.508 e. The molecular formula is C121H138N4O8. The van der Waals surface area contributed by atoms with Crippen molar-refractivity contribution in [1.82, 2.24) is 19.6 Å². The second-order valence-electron chi connectivity index (χ2n) is 37.2. The van der Waals surface area contributed by atoms with Crippen LogP contribution in [-0.4, -0.2) is 165 Å². The summed E-state index contributed by atoms with van der Waals surface area (Å²) in [6, 6.07) is 110. The van der Waals surface area contributed by atoms with E-state index in [1.54, 1.807) is 24.3 Å². The minimum absolute atomic E-state index is 0.152. The molecule has 0 unspecified atom stereocenters. The van der Waals surface area contributed by atoms with Crippen LogP contribution in [-0.2, 0) is 0 Å². The summed E-state index contributed by atoms with van der Waals surface area (Å²) in [7, 11) is 2.20. The van der Waals surface area contributed by atoms with Gasteiger partial charge in [0.2, 0.25) is 0 Å². The molecule has 4 saturated heterocycles. The fraction of sp³-hybridized carbons (Fsp3) is 0.339. The van der Waals surface area contributed by atoms with Crippen LogP contribution in [0.2, 0.25) is 0 Å². The van der Waals surface area contributed by atoms with Gasteiger partial charge in [0, 0.05) is 38.5 Å². The lowest BCUT2D eigenvalue weighted by atomic mass is 9.84. The molecule has 8 N–H and O–H groups in total. The van der Waals surface area contributed by atoms with Crippen molar-refractivity contribution in [2.45, 2.75) is 171 Å². The zero-order chi connectivity index (χ0) is 92.0. The molecule has 0 spiro atoms. The van der Waals surface area contributed by atoms with Gasteiger partial charge in [0.05, 0.1) is 0 Å². The monoisotopic (exact) mass is 1780 g/mol. The minimum Gasteiger partial charge on any atom is -0.508 e. The Kier molecular flexibility index (Phi) is 35.3. The van der Waals surface area contributed by atoms with E-state index in [1.165, 1.54) is 166 Å². The zero-order valence-electron chi connectivity index (χ0n) is 78.2. The lowest BCUT2D eigenvalue weighted by molar-refractivity contribution is 0.203. The molecule has 0 radical (unpaired) electrons. The van der Waals surface area contributed by atoms with Crippen LogP contribution in [0.3, 0.4) is 0 Å². The molecule has 0 bridgehead atoms. The molecule has 133 heavy (non-hydrogen) atoms. The highest BCUT2D eigenvalue weighted by molar-refractivity contribution is 6.02. The Hall–Kier alpha value is -11.5. The van der Waals surface area contributed by atoms with Crippen molar-refractivity contribution in [2.75, 3.05) is 92.4 Å². The topological polar surface area (TPSA) is 175 Å². The van der Waals surface area contributed by atoms with Gasteiger partial charge in [-0.3, -0.25) is 0 Å². The number of piperidine rings is 4. The second kappa shape index (κ2) is 48.9. The highest BCUT2D eigenvalue weighted by Gasteiger charge is 2.35. The Morgan fingerprint density at radius 3 is 0.744 bits per heavy atom. The van der Waals surface area contributed by atoms with E-state index >= 15 is 0 Å². The van der Waals surface area contributed by atoms with Crippen LogP contribution in [0.1, 0.15) is 248 Å². The van der Waals surface area contributed by atoms with Crippen LogP contribution in [0.15, 0.2) is 315 Å². The smallest absolute Gasteiger partial charge is 0.116 e. The zero-order valence-corrected chi connectivity index (χ0v) is 78.2. The van der Waals surface area contributed by atoms with Crippen molar-refractivity contribution in [3.05, 3.63) is 404 Å². The van der Waals surface area contributed by atoms with E-state index in [0.29, 0.717) is 49.4 Å². The van der Waals surface area contributed by atoms with Crippen LogP contribution in [0.25, 0.3) is 44.6 Å². The van der Waals surface area contributed by atoms with Gasteiger partial charge in [0.15, 0.2) is 0 Å². The maximum absolute atomic E-state index is 10.3. The van der Waals surface area contributed by atoms with Crippen LogP contribution in [0.5, 0.6) is 23.0 Å². The van der Waals surface area contributed by atoms with Gasteiger partial charge in [-0.25, -0.2) is 0 Å². The molecule has 4 aliphatic heterocycles. The molecule has 0 amide bonds. The summed E-state index contributed by atoms with van der Waals surface area (Å²) in [5, 5.41) is 79.4. The molecule has 6 aliphatic rings. The predicted molar refractivity (Wildman–Crippen MR) is 550 cm³/mol. The van der Waals surface area contributed by atoms with Crippen molar-refractivity contribution in [1.29, 1.82) is 0 Å². The van der Waals surface area contributed by atoms with Gasteiger partial charge in [-0.15, -0.1) is 0 Å². The Balaban J connectivity index is 0.000000135. The van der Waals surface area contributed by atoms with Crippen molar-refractivity contribution >= 4 is 44.6 Å². The first-order valence-electron chi connectivity index (χ1n) is 49.4. The van der Waals surface area contributed by atoms with E-state index in [1.807, 2.05) is 72.8 Å². The maximum atomic E-state index is 10.3. The summed E-state index contributed by atoms with van der Waals surface area (Å²) in [5.74, 6) is 3.54. The molecule has 2 aliphatic carbocycles. The van der Waals surface area contributed by atoms with Crippen LogP contribution in [0.4, 0.5) is 0 Å². The Bertz CT molecular complexity index is 5740. The molecule has 12 heteroatoms. The van der Waals surface area contributed by atoms with E-state index in [-0.39, 0.29) is 49.4 Å². The van der Waals surface area contributed by atoms with Crippen LogP contribution >= 0.6 is 0 Å². The number of likely N-dealkylation sites (tertiary alicyclic amines) is 4. The van der Waals surface area contributed by atoms with E-state index < -0.39 is 0 Å². The van der Waals surface area contributed by atoms with E-state index in [9.17, 15) is 40.9 Å². The standard InChI is InChI=1S/2C31H35NO2.C30H35NO2.C29H33NO2/c33-20-6-13-30(24-7-2-1-3-8-24)31(27-11-5-12-29(34)22-27)26-10-4-9-25(21-26)23-16-18-32(19-17-23)28-14-15-28;33-21-5-10-30(25-6-2-1-3-7-25)31(27-8-4-9-29(34)22-27)26-13-11-23(12-14-26)24-17-19-32(20-18-24)28-15-16-28;1-2-31-19-17-24(18-20-31)23-13-15-26(16-14-23)30(27-10-6-11-28(33)22-27)29(12-7-21-32)25-8-4-3-5-9-25;1-30-18-16-23(17-19-30)22-12-14-25(15-13-22)29(26-9-5-10-27(32)21-26)28(11-6-20-31)24-7-3-2-4-8-24/h1-5,7-12,21-23,28,33-34H,6,13-20H2;1-4,6-9,11-14,22,24,28,33-34H,5,10,15-21H2;3-6,8-11,13-16,22,24,32-33H,2,7,12,17-21H2,1H3;2-5,7-10,12-15,21,23,31-32H,6,11,16-20H2,1H3/b2*31-30+;30-29+;29-28+. The van der Waals surface area contributed by atoms with E-state index in [4.69, 9.17) is 0 Å². The third-order valence-electron chi connectivity index (χ3n) is 28.2. The molecule has 0 aromatic heterocycles. The summed E-state index contributed by atoms with van der Waals surface area (Å²) in [4.78, 5) is 10.3. The van der Waals surface area contributed by atoms with E-state index in [0.717, 1.165) is 141 Å². The van der Waals surface area contributed by atoms with E-state index in [2.05, 4.69) is 252 Å². The number of rotatable bonds is 31. The van der Waals surface area contributed by atoms with Gasteiger partial charge in [0.1, 0.15) is 23.0 Å². The summed E-state index contributed by atoms with van der Waals surface area (Å²) in [5.41, 5.74) is 28.3. The fourth-order valence-electron chi connectivity index (χ4n) is 20.7. The molecule has 690 valence electrons. The first-order valence-corrected chi connectivity index (χ1v) is 49.4. The quantitative estimate of drug-likeness (QED) is 0.0194. The molecule has 6 fully saturated rings. The normalized spacial score (nSPS) is 17.0. The molecule has 12 nitrogen and oxygen atoms in total. The number of phenolic OH excluding ortho intramolecular Hbond substituents is 4. The van der Waals surface area contributed by atoms with Gasteiger partial charge >= 0.3 is 0 Å². The second-order valence-corrected chi connectivity index (χ2v) is 37.2. The average molecular weight is 1780 g/mol. The molecule has 2 saturated carbocycles. The molecule has 12 aromatic rings. The third-order valence-corrected chi connectivity index (χ3v) is 28.2. The first kappa shape index (κ1) is 96.1. The summed E-state index contributed by atoms with van der Waals surface area (Å²) in [6.07, 6.45) is 21.2. The van der Waals surface area contributed by atoms with Crippen molar-refractivity contribution in [3.63, 3.8) is 0 Å². The molecule has 12 aromatic carbocycles. The molecule has 4 heterocycles. The summed E-state index contributed by atoms with van der Waals surface area (Å²) < 4.78 is 0. The Morgan fingerprint density at radius 2 is 0.481 bits per heavy atom. The predicted octanol–water partition coefficient (Wildman–Crippen LogP) is 25.2. The number of phenols is 4. The van der Waals surface area contributed by atoms with Crippen LogP contribution < -0.4 is 0 Å². The summed E-state index contributed by atoms with van der Waals surface area (Å²) in [6.45, 7) is 13.5. The minimum atomic E-state index is 0.152. The first-order chi connectivity index (χ1) is 65.3. The van der Waals surface area contributed by atoms with Gasteiger partial charge < -0.3 is 60.5 Å². The number of hydrogen-bond acceptors (Lipinski definition) is 12. The number of hydrogen-bond donors (Lipinski definition) is 8. The lowest BCUT2D eigenvalue weighted by Gasteiger charge is -2.32. The van der Waals surface area contributed by atoms with Crippen molar-refractivity contribution in [3.8, 4) is 23.0 Å². The molecule has 0 atom stereocenters. The van der Waals surface area contributed by atoms with Crippen LogP contribution in [0, 0.1) is 0 Å².